The van der Waals surface area contributed by atoms with Crippen molar-refractivity contribution >= 4 is 35.2 Å². The zero-order valence-electron chi connectivity index (χ0n) is 15.7. The van der Waals surface area contributed by atoms with Crippen molar-refractivity contribution in [1.82, 2.24) is 19.7 Å². The van der Waals surface area contributed by atoms with Crippen molar-refractivity contribution in [2.45, 2.75) is 29.7 Å². The summed E-state index contributed by atoms with van der Waals surface area (Å²) in [6, 6.07) is 10.2. The maximum atomic E-state index is 13.2. The fourth-order valence-electron chi connectivity index (χ4n) is 3.23. The van der Waals surface area contributed by atoms with Crippen molar-refractivity contribution in [3.63, 3.8) is 0 Å². The Morgan fingerprint density at radius 3 is 2.72 bits per heavy atom. The summed E-state index contributed by atoms with van der Waals surface area (Å²) in [4.78, 5) is 27.4. The van der Waals surface area contributed by atoms with Gasteiger partial charge in [-0.15, -0.1) is 10.2 Å². The van der Waals surface area contributed by atoms with Crippen molar-refractivity contribution in [1.29, 1.82) is 0 Å². The van der Waals surface area contributed by atoms with E-state index < -0.39 is 5.25 Å². The third kappa shape index (κ3) is 4.09. The molecule has 29 heavy (non-hydrogen) atoms. The third-order valence-electron chi connectivity index (χ3n) is 4.80. The molecule has 0 bridgehead atoms. The number of carbonyl (C=O) groups is 2. The number of amides is 2. The number of carbonyl (C=O) groups excluding carboxylic acids is 2. The first-order valence-corrected chi connectivity index (χ1v) is 10.5. The lowest BCUT2D eigenvalue weighted by Gasteiger charge is -2.22. The van der Waals surface area contributed by atoms with E-state index in [0.29, 0.717) is 40.3 Å². The van der Waals surface area contributed by atoms with Crippen LogP contribution in [0.2, 0.25) is 5.02 Å². The zero-order chi connectivity index (χ0) is 20.4. The summed E-state index contributed by atoms with van der Waals surface area (Å²) >= 11 is 7.24. The minimum absolute atomic E-state index is 0.199. The molecule has 0 N–H and O–H groups in total. The van der Waals surface area contributed by atoms with Crippen LogP contribution in [0.5, 0.6) is 0 Å². The number of benzene rings is 1. The van der Waals surface area contributed by atoms with Crippen LogP contribution >= 0.6 is 23.4 Å². The quantitative estimate of drug-likeness (QED) is 0.581. The second kappa shape index (κ2) is 8.42. The van der Waals surface area contributed by atoms with Crippen molar-refractivity contribution in [3.05, 3.63) is 53.2 Å². The predicted molar refractivity (Wildman–Crippen MR) is 110 cm³/mol. The van der Waals surface area contributed by atoms with E-state index in [0.717, 1.165) is 12.8 Å². The van der Waals surface area contributed by atoms with Gasteiger partial charge in [-0.05, 0) is 49.2 Å². The number of thioether (sulfide) groups is 1. The molecule has 1 aliphatic rings. The summed E-state index contributed by atoms with van der Waals surface area (Å²) < 4.78 is 7.19. The number of furan rings is 1. The molecular formula is C20H19ClN4O3S. The molecule has 1 saturated heterocycles. The van der Waals surface area contributed by atoms with E-state index in [1.807, 2.05) is 13.1 Å². The Balaban J connectivity index is 1.54. The maximum absolute atomic E-state index is 13.2. The minimum Gasteiger partial charge on any atom is -0.461 e. The first-order chi connectivity index (χ1) is 14.0. The number of imide groups is 1. The van der Waals surface area contributed by atoms with Crippen LogP contribution in [0.25, 0.3) is 11.6 Å². The second-order valence-electron chi connectivity index (χ2n) is 6.75. The molecule has 0 saturated carbocycles. The van der Waals surface area contributed by atoms with Crippen molar-refractivity contribution in [2.75, 3.05) is 6.54 Å². The summed E-state index contributed by atoms with van der Waals surface area (Å²) in [5.41, 5.74) is 0.451. The second-order valence-corrected chi connectivity index (χ2v) is 8.35. The average Bonchev–Trinajstić information content (AvgIpc) is 3.32. The van der Waals surface area contributed by atoms with Crippen LogP contribution < -0.4 is 0 Å². The number of likely N-dealkylation sites (tertiary alicyclic amines) is 1. The van der Waals surface area contributed by atoms with Crippen LogP contribution in [-0.2, 0) is 11.8 Å². The van der Waals surface area contributed by atoms with Gasteiger partial charge in [-0.1, -0.05) is 29.8 Å². The van der Waals surface area contributed by atoms with Crippen LogP contribution in [0.4, 0.5) is 0 Å². The lowest BCUT2D eigenvalue weighted by molar-refractivity contribution is -0.127. The molecule has 1 aliphatic heterocycles. The molecule has 3 aromatic rings. The van der Waals surface area contributed by atoms with E-state index in [1.165, 1.54) is 16.7 Å². The molecule has 0 radical (unpaired) electrons. The molecule has 1 aromatic carbocycles. The Morgan fingerprint density at radius 2 is 2.00 bits per heavy atom. The van der Waals surface area contributed by atoms with Crippen LogP contribution in [0.3, 0.4) is 0 Å². The fourth-order valence-corrected chi connectivity index (χ4v) is 4.46. The van der Waals surface area contributed by atoms with E-state index >= 15 is 0 Å². The van der Waals surface area contributed by atoms with Crippen molar-refractivity contribution in [3.8, 4) is 11.6 Å². The van der Waals surface area contributed by atoms with Gasteiger partial charge in [-0.3, -0.25) is 14.5 Å². The standard InChI is InChI=1S/C20H19ClN4O3S/c1-24-17(15-5-4-12-28-15)22-23-20(24)29-16-6-2-3-11-25(19(16)27)18(26)13-7-9-14(21)10-8-13/h4-5,7-10,12,16H,2-3,6,11H2,1H3/t16-/m0/s1. The number of nitrogens with zero attached hydrogens (tertiary/aromatic N) is 4. The van der Waals surface area contributed by atoms with E-state index in [9.17, 15) is 9.59 Å². The van der Waals surface area contributed by atoms with Gasteiger partial charge in [0.05, 0.1) is 11.5 Å². The van der Waals surface area contributed by atoms with Crippen LogP contribution in [0.1, 0.15) is 29.6 Å². The van der Waals surface area contributed by atoms with E-state index in [-0.39, 0.29) is 11.8 Å². The highest BCUT2D eigenvalue weighted by molar-refractivity contribution is 8.00. The SMILES string of the molecule is Cn1c(S[C@H]2CCCCN(C(=O)c3ccc(Cl)cc3)C2=O)nnc1-c1ccco1. The summed E-state index contributed by atoms with van der Waals surface area (Å²) in [5, 5.41) is 9.14. The van der Waals surface area contributed by atoms with E-state index in [1.54, 1.807) is 41.2 Å². The number of halogens is 1. The number of aromatic nitrogens is 3. The molecule has 0 spiro atoms. The Morgan fingerprint density at radius 1 is 1.21 bits per heavy atom. The van der Waals surface area contributed by atoms with Gasteiger partial charge in [-0.25, -0.2) is 0 Å². The molecule has 150 valence electrons. The number of rotatable bonds is 4. The van der Waals surface area contributed by atoms with Gasteiger partial charge < -0.3 is 8.98 Å². The topological polar surface area (TPSA) is 81.2 Å². The van der Waals surface area contributed by atoms with Gasteiger partial charge in [0.1, 0.15) is 0 Å². The molecule has 0 aliphatic carbocycles. The highest BCUT2D eigenvalue weighted by Gasteiger charge is 2.33. The number of hydrogen-bond donors (Lipinski definition) is 0. The number of hydrogen-bond acceptors (Lipinski definition) is 6. The van der Waals surface area contributed by atoms with Crippen LogP contribution in [-0.4, -0.2) is 43.3 Å². The summed E-state index contributed by atoms with van der Waals surface area (Å²) in [5.74, 6) is 0.703. The van der Waals surface area contributed by atoms with Gasteiger partial charge in [0.25, 0.3) is 5.91 Å². The largest absolute Gasteiger partial charge is 0.461 e. The molecule has 4 rings (SSSR count). The van der Waals surface area contributed by atoms with E-state index in [2.05, 4.69) is 10.2 Å². The lowest BCUT2D eigenvalue weighted by Crippen LogP contribution is -2.41. The van der Waals surface area contributed by atoms with Gasteiger partial charge in [0.15, 0.2) is 16.7 Å². The summed E-state index contributed by atoms with van der Waals surface area (Å²) in [6.45, 7) is 0.411. The molecule has 2 aromatic heterocycles. The molecule has 7 nitrogen and oxygen atoms in total. The monoisotopic (exact) mass is 430 g/mol. The third-order valence-corrected chi connectivity index (χ3v) is 6.34. The average molecular weight is 431 g/mol. The Hall–Kier alpha value is -2.58. The van der Waals surface area contributed by atoms with Gasteiger partial charge in [-0.2, -0.15) is 0 Å². The molecule has 3 heterocycles. The minimum atomic E-state index is -0.402. The highest BCUT2D eigenvalue weighted by Crippen LogP contribution is 2.31. The molecular weight excluding hydrogens is 412 g/mol. The normalized spacial score (nSPS) is 17.4. The molecule has 1 atom stereocenters. The van der Waals surface area contributed by atoms with Crippen LogP contribution in [0, 0.1) is 0 Å². The van der Waals surface area contributed by atoms with Crippen LogP contribution in [0.15, 0.2) is 52.2 Å². The van der Waals surface area contributed by atoms with E-state index in [4.69, 9.17) is 16.0 Å². The first-order valence-electron chi connectivity index (χ1n) is 9.26. The van der Waals surface area contributed by atoms with Gasteiger partial charge in [0.2, 0.25) is 5.91 Å². The predicted octanol–water partition coefficient (Wildman–Crippen LogP) is 4.04. The molecule has 1 fully saturated rings. The fraction of sp³-hybridized carbons (Fsp3) is 0.300. The zero-order valence-corrected chi connectivity index (χ0v) is 17.3. The van der Waals surface area contributed by atoms with Gasteiger partial charge >= 0.3 is 0 Å². The molecule has 2 amide bonds. The molecule has 0 unspecified atom stereocenters. The Labute approximate surface area is 177 Å². The summed E-state index contributed by atoms with van der Waals surface area (Å²) in [6.07, 6.45) is 3.89. The smallest absolute Gasteiger partial charge is 0.260 e. The Kier molecular flexibility index (Phi) is 5.73. The maximum Gasteiger partial charge on any atom is 0.260 e. The first kappa shape index (κ1) is 19.7. The highest BCUT2D eigenvalue weighted by atomic mass is 35.5. The van der Waals surface area contributed by atoms with Crippen molar-refractivity contribution < 1.29 is 14.0 Å². The van der Waals surface area contributed by atoms with Gasteiger partial charge in [0, 0.05) is 24.2 Å². The summed E-state index contributed by atoms with van der Waals surface area (Å²) in [7, 11) is 1.83. The molecule has 9 heteroatoms. The van der Waals surface area contributed by atoms with Crippen molar-refractivity contribution in [2.24, 2.45) is 7.05 Å². The Bertz CT molecular complexity index is 1020. The lowest BCUT2D eigenvalue weighted by atomic mass is 10.2.